The van der Waals surface area contributed by atoms with Crippen molar-refractivity contribution in [2.75, 3.05) is 13.7 Å². The van der Waals surface area contributed by atoms with E-state index in [1.54, 1.807) is 13.3 Å². The van der Waals surface area contributed by atoms with E-state index < -0.39 is 6.10 Å². The van der Waals surface area contributed by atoms with Gasteiger partial charge in [-0.1, -0.05) is 30.3 Å². The minimum atomic E-state index is -0.561. The summed E-state index contributed by atoms with van der Waals surface area (Å²) < 4.78 is 7.81. The van der Waals surface area contributed by atoms with Gasteiger partial charge in [-0.05, 0) is 34.3 Å². The minimum Gasteiger partial charge on any atom is -0.386 e. The molecule has 5 heteroatoms. The third-order valence-electron chi connectivity index (χ3n) is 4.26. The first-order chi connectivity index (χ1) is 10.2. The average Bonchev–Trinajstić information content (AvgIpc) is 3.25. The van der Waals surface area contributed by atoms with Gasteiger partial charge in [0.2, 0.25) is 0 Å². The van der Waals surface area contributed by atoms with Crippen LogP contribution in [0.3, 0.4) is 0 Å². The van der Waals surface area contributed by atoms with Crippen LogP contribution in [0, 0.1) is 0 Å². The molecule has 0 radical (unpaired) electrons. The molecule has 0 amide bonds. The summed E-state index contributed by atoms with van der Waals surface area (Å²) in [6, 6.07) is 10.3. The highest BCUT2D eigenvalue weighted by atomic mass is 79.9. The van der Waals surface area contributed by atoms with E-state index in [0.29, 0.717) is 13.2 Å². The highest BCUT2D eigenvalue weighted by molar-refractivity contribution is 9.10. The molecule has 21 heavy (non-hydrogen) atoms. The number of ether oxygens (including phenoxy) is 1. The van der Waals surface area contributed by atoms with Crippen LogP contribution in [0.1, 0.15) is 30.2 Å². The van der Waals surface area contributed by atoms with E-state index >= 15 is 0 Å². The Hall–Kier alpha value is -1.17. The van der Waals surface area contributed by atoms with Gasteiger partial charge in [0.25, 0.3) is 0 Å². The maximum atomic E-state index is 11.0. The molecule has 4 nitrogen and oxygen atoms in total. The molecule has 2 aromatic rings. The van der Waals surface area contributed by atoms with Crippen LogP contribution in [0.25, 0.3) is 0 Å². The molecule has 1 saturated carbocycles. The van der Waals surface area contributed by atoms with E-state index in [2.05, 4.69) is 33.2 Å². The van der Waals surface area contributed by atoms with Crippen molar-refractivity contribution in [3.8, 4) is 0 Å². The molecule has 1 unspecified atom stereocenters. The van der Waals surface area contributed by atoms with Gasteiger partial charge in [0.05, 0.1) is 29.5 Å². The number of aromatic nitrogens is 2. The molecule has 1 atom stereocenters. The van der Waals surface area contributed by atoms with Crippen molar-refractivity contribution in [3.63, 3.8) is 0 Å². The normalized spacial score (nSPS) is 17.7. The quantitative estimate of drug-likeness (QED) is 0.870. The van der Waals surface area contributed by atoms with Crippen molar-refractivity contribution in [3.05, 3.63) is 52.3 Å². The summed E-state index contributed by atoms with van der Waals surface area (Å²) in [4.78, 5) is 0. The third kappa shape index (κ3) is 2.65. The Bertz CT molecular complexity index is 608. The molecule has 1 heterocycles. The van der Waals surface area contributed by atoms with Crippen LogP contribution in [0.4, 0.5) is 0 Å². The number of methoxy groups -OCH3 is 1. The van der Waals surface area contributed by atoms with Crippen molar-refractivity contribution in [2.24, 2.45) is 0 Å². The number of nitrogens with zero attached hydrogens (tertiary/aromatic N) is 2. The Kier molecular flexibility index (Phi) is 4.15. The summed E-state index contributed by atoms with van der Waals surface area (Å²) in [6.07, 6.45) is 3.18. The fraction of sp³-hybridized carbons (Fsp3) is 0.438. The van der Waals surface area contributed by atoms with Crippen molar-refractivity contribution < 1.29 is 9.84 Å². The Morgan fingerprint density at radius 1 is 1.38 bits per heavy atom. The number of rotatable bonds is 6. The largest absolute Gasteiger partial charge is 0.386 e. The molecule has 0 saturated heterocycles. The zero-order chi connectivity index (χ0) is 14.9. The highest BCUT2D eigenvalue weighted by Gasteiger charge is 2.52. The van der Waals surface area contributed by atoms with Gasteiger partial charge in [-0.25, -0.2) is 0 Å². The van der Waals surface area contributed by atoms with Gasteiger partial charge in [0.15, 0.2) is 0 Å². The van der Waals surface area contributed by atoms with Crippen LogP contribution in [0.15, 0.2) is 41.0 Å². The van der Waals surface area contributed by atoms with Gasteiger partial charge in [-0.2, -0.15) is 5.10 Å². The zero-order valence-electron chi connectivity index (χ0n) is 12.0. The predicted molar refractivity (Wildman–Crippen MR) is 84.1 cm³/mol. The summed E-state index contributed by atoms with van der Waals surface area (Å²) in [5.41, 5.74) is 1.87. The van der Waals surface area contributed by atoms with Crippen LogP contribution in [-0.2, 0) is 16.7 Å². The number of hydrogen-bond acceptors (Lipinski definition) is 3. The van der Waals surface area contributed by atoms with Gasteiger partial charge < -0.3 is 9.84 Å². The lowest BCUT2D eigenvalue weighted by molar-refractivity contribution is 0.117. The van der Waals surface area contributed by atoms with Crippen LogP contribution < -0.4 is 0 Å². The zero-order valence-corrected chi connectivity index (χ0v) is 13.6. The molecule has 3 rings (SSSR count). The van der Waals surface area contributed by atoms with Crippen molar-refractivity contribution in [1.29, 1.82) is 0 Å². The second-order valence-corrected chi connectivity index (χ2v) is 6.37. The lowest BCUT2D eigenvalue weighted by Gasteiger charge is -2.24. The lowest BCUT2D eigenvalue weighted by atomic mass is 9.88. The molecule has 0 spiro atoms. The summed E-state index contributed by atoms with van der Waals surface area (Å²) >= 11 is 3.52. The molecule has 1 aromatic carbocycles. The van der Waals surface area contributed by atoms with Gasteiger partial charge >= 0.3 is 0 Å². The van der Waals surface area contributed by atoms with E-state index in [0.717, 1.165) is 23.0 Å². The first-order valence-electron chi connectivity index (χ1n) is 7.13. The van der Waals surface area contributed by atoms with E-state index in [-0.39, 0.29) is 5.41 Å². The van der Waals surface area contributed by atoms with Crippen molar-refractivity contribution in [2.45, 2.75) is 30.9 Å². The molecular weight excluding hydrogens is 332 g/mol. The second kappa shape index (κ2) is 5.91. The number of benzene rings is 1. The van der Waals surface area contributed by atoms with Gasteiger partial charge in [-0.3, -0.25) is 4.68 Å². The molecule has 1 aliphatic carbocycles. The predicted octanol–water partition coefficient (Wildman–Crippen LogP) is 3.06. The van der Waals surface area contributed by atoms with Crippen LogP contribution in [-0.4, -0.2) is 28.6 Å². The Balaban J connectivity index is 1.92. The molecule has 1 fully saturated rings. The summed E-state index contributed by atoms with van der Waals surface area (Å²) in [7, 11) is 1.67. The van der Waals surface area contributed by atoms with E-state index in [1.165, 1.54) is 5.56 Å². The molecule has 1 aromatic heterocycles. The van der Waals surface area contributed by atoms with Crippen molar-refractivity contribution >= 4 is 15.9 Å². The maximum absolute atomic E-state index is 11.0. The first kappa shape index (κ1) is 14.8. The number of aliphatic hydroxyl groups is 1. The number of hydrogen-bond donors (Lipinski definition) is 1. The topological polar surface area (TPSA) is 47.3 Å². The standard InChI is InChI=1S/C16H19BrN2O2/c1-21-10-9-19-14(13(17)11-18-19)15(20)16(7-8-16)12-5-3-2-4-6-12/h2-6,11,15,20H,7-10H2,1H3. The first-order valence-corrected chi connectivity index (χ1v) is 7.92. The van der Waals surface area contributed by atoms with E-state index in [1.807, 2.05) is 22.9 Å². The minimum absolute atomic E-state index is 0.172. The molecule has 1 N–H and O–H groups in total. The second-order valence-electron chi connectivity index (χ2n) is 5.52. The van der Waals surface area contributed by atoms with E-state index in [4.69, 9.17) is 4.74 Å². The Labute approximate surface area is 132 Å². The molecular formula is C16H19BrN2O2. The maximum Gasteiger partial charge on any atom is 0.106 e. The Morgan fingerprint density at radius 3 is 2.71 bits per heavy atom. The molecule has 1 aliphatic rings. The monoisotopic (exact) mass is 350 g/mol. The van der Waals surface area contributed by atoms with Gasteiger partial charge in [0, 0.05) is 12.5 Å². The Morgan fingerprint density at radius 2 is 2.10 bits per heavy atom. The van der Waals surface area contributed by atoms with E-state index in [9.17, 15) is 5.11 Å². The third-order valence-corrected chi connectivity index (χ3v) is 4.87. The summed E-state index contributed by atoms with van der Waals surface area (Å²) in [5.74, 6) is 0. The number of aliphatic hydroxyl groups excluding tert-OH is 1. The highest BCUT2D eigenvalue weighted by Crippen LogP contribution is 2.57. The molecule has 0 bridgehead atoms. The smallest absolute Gasteiger partial charge is 0.106 e. The van der Waals surface area contributed by atoms with Crippen LogP contribution in [0.2, 0.25) is 0 Å². The summed E-state index contributed by atoms with van der Waals surface area (Å²) in [6.45, 7) is 1.21. The average molecular weight is 351 g/mol. The lowest BCUT2D eigenvalue weighted by Crippen LogP contribution is -2.23. The number of halogens is 1. The van der Waals surface area contributed by atoms with Gasteiger partial charge in [-0.15, -0.1) is 0 Å². The molecule has 0 aliphatic heterocycles. The summed E-state index contributed by atoms with van der Waals surface area (Å²) in [5, 5.41) is 15.3. The van der Waals surface area contributed by atoms with Crippen molar-refractivity contribution in [1.82, 2.24) is 9.78 Å². The molecule has 112 valence electrons. The SMILES string of the molecule is COCCn1ncc(Br)c1C(O)C1(c2ccccc2)CC1. The van der Waals surface area contributed by atoms with Gasteiger partial charge in [0.1, 0.15) is 6.10 Å². The fourth-order valence-corrected chi connectivity index (χ4v) is 3.40. The van der Waals surface area contributed by atoms with Crippen LogP contribution in [0.5, 0.6) is 0 Å². The fourth-order valence-electron chi connectivity index (χ4n) is 2.89. The van der Waals surface area contributed by atoms with Crippen LogP contribution >= 0.6 is 15.9 Å².